The Labute approximate surface area is 325 Å². The summed E-state index contributed by atoms with van der Waals surface area (Å²) >= 11 is 3.97. The minimum absolute atomic E-state index is 0.163. The maximum absolute atomic E-state index is 14.2. The molecular weight excluding hydrogens is 793 g/mol. The summed E-state index contributed by atoms with van der Waals surface area (Å²) in [6.07, 6.45) is 4.37. The number of aryl methyl sites for hydroxylation is 1. The molecule has 0 bridgehead atoms. The number of halogens is 1. The average molecular weight is 846 g/mol. The zero-order valence-corrected chi connectivity index (χ0v) is 33.5. The fourth-order valence-electron chi connectivity index (χ4n) is 7.23. The van der Waals surface area contributed by atoms with Gasteiger partial charge in [0.15, 0.2) is 5.78 Å². The number of benzene rings is 2. The Bertz CT molecular complexity index is 1650. The molecule has 12 heteroatoms. The first-order valence-electron chi connectivity index (χ1n) is 18.5. The van der Waals surface area contributed by atoms with Crippen molar-refractivity contribution >= 4 is 51.5 Å². The third-order valence-corrected chi connectivity index (χ3v) is 11.6. The van der Waals surface area contributed by atoms with E-state index >= 15 is 0 Å². The van der Waals surface area contributed by atoms with Crippen LogP contribution in [0.15, 0.2) is 48.0 Å². The van der Waals surface area contributed by atoms with Gasteiger partial charge in [-0.05, 0) is 66.2 Å². The van der Waals surface area contributed by atoms with Gasteiger partial charge in [-0.1, -0.05) is 79.6 Å². The molecule has 1 unspecified atom stereocenters. The van der Waals surface area contributed by atoms with E-state index in [2.05, 4.69) is 32.9 Å². The Morgan fingerprint density at radius 1 is 1.00 bits per heavy atom. The number of aliphatic hydroxyl groups excluding tert-OH is 1. The summed E-state index contributed by atoms with van der Waals surface area (Å²) in [6.45, 7) is 8.85. The summed E-state index contributed by atoms with van der Waals surface area (Å²) < 4.78 is 18.9. The molecular formula is C40H52IN3O7S. The van der Waals surface area contributed by atoms with Gasteiger partial charge in [-0.15, -0.1) is 11.3 Å². The lowest BCUT2D eigenvalue weighted by Gasteiger charge is -2.33. The molecule has 0 saturated heterocycles. The molecule has 2 N–H and O–H groups in total. The predicted octanol–water partition coefficient (Wildman–Crippen LogP) is 6.78. The molecule has 1 fully saturated rings. The van der Waals surface area contributed by atoms with Crippen LogP contribution in [0.2, 0.25) is 0 Å². The SMILES string of the molecule is Cc1ncsc1-c1ccc(CNC(=O)[C@@H]2C[C@@H](O)CC2C(=O)[C@H](C(C)C)N2Cc3ccccc3C2=O)c(OCCOCCOCCCCCCI)c1. The number of carbonyl (C=O) groups excluding carboxylic acids is 3. The van der Waals surface area contributed by atoms with E-state index in [9.17, 15) is 19.5 Å². The summed E-state index contributed by atoms with van der Waals surface area (Å²) in [7, 11) is 0. The van der Waals surface area contributed by atoms with Gasteiger partial charge in [-0.3, -0.25) is 14.4 Å². The highest BCUT2D eigenvalue weighted by atomic mass is 127. The number of alkyl halides is 1. The lowest BCUT2D eigenvalue weighted by molar-refractivity contribution is -0.136. The van der Waals surface area contributed by atoms with E-state index in [0.29, 0.717) is 44.3 Å². The van der Waals surface area contributed by atoms with Gasteiger partial charge in [0.25, 0.3) is 5.91 Å². The average Bonchev–Trinajstić information content (AvgIpc) is 3.84. The molecule has 2 heterocycles. The Morgan fingerprint density at radius 2 is 1.73 bits per heavy atom. The van der Waals surface area contributed by atoms with Crippen molar-refractivity contribution in [3.8, 4) is 16.2 Å². The highest BCUT2D eigenvalue weighted by Gasteiger charge is 2.47. The largest absolute Gasteiger partial charge is 0.491 e. The summed E-state index contributed by atoms with van der Waals surface area (Å²) in [5.41, 5.74) is 6.01. The van der Waals surface area contributed by atoms with Crippen LogP contribution in [0.5, 0.6) is 5.75 Å². The van der Waals surface area contributed by atoms with E-state index in [1.807, 2.05) is 62.7 Å². The number of aromatic nitrogens is 1. The van der Waals surface area contributed by atoms with Crippen molar-refractivity contribution in [3.05, 3.63) is 70.4 Å². The van der Waals surface area contributed by atoms with E-state index in [1.54, 1.807) is 22.3 Å². The van der Waals surface area contributed by atoms with Gasteiger partial charge in [0.1, 0.15) is 12.4 Å². The van der Waals surface area contributed by atoms with Crippen molar-refractivity contribution in [2.45, 2.75) is 84.5 Å². The minimum atomic E-state index is -0.777. The summed E-state index contributed by atoms with van der Waals surface area (Å²) in [5.74, 6) is -1.58. The number of rotatable bonds is 21. The number of Topliss-reactive ketones (excluding diaryl/α,β-unsaturated/α-hetero) is 1. The van der Waals surface area contributed by atoms with Crippen LogP contribution in [-0.2, 0) is 32.2 Å². The summed E-state index contributed by atoms with van der Waals surface area (Å²) in [4.78, 5) is 48.4. The van der Waals surface area contributed by atoms with Crippen LogP contribution in [0.4, 0.5) is 0 Å². The van der Waals surface area contributed by atoms with Crippen molar-refractivity contribution in [1.82, 2.24) is 15.2 Å². The number of unbranched alkanes of at least 4 members (excludes halogenated alkanes) is 3. The predicted molar refractivity (Wildman–Crippen MR) is 211 cm³/mol. The molecule has 52 heavy (non-hydrogen) atoms. The number of thiazole rings is 1. The van der Waals surface area contributed by atoms with E-state index in [4.69, 9.17) is 14.2 Å². The van der Waals surface area contributed by atoms with Crippen molar-refractivity contribution in [3.63, 3.8) is 0 Å². The maximum Gasteiger partial charge on any atom is 0.255 e. The minimum Gasteiger partial charge on any atom is -0.491 e. The number of fused-ring (bicyclic) bond motifs is 1. The van der Waals surface area contributed by atoms with Crippen LogP contribution in [0.25, 0.3) is 10.4 Å². The molecule has 3 aromatic rings. The standard InChI is InChI=1S/C40H52IN3O7S/c1-26(2)36(44-24-30-10-6-7-11-32(30)40(44)48)37(46)33-21-31(45)22-34(33)39(47)42-23-29-13-12-28(38-27(3)43-25-52-38)20-35(29)51-19-18-50-17-16-49-15-9-5-4-8-14-41/h6-7,10-13,20,25-26,31,33-34,36,45H,4-5,8-9,14-19,21-24H2,1-3H3,(H,42,47)/t31-,33?,34+,36-/m0/s1. The van der Waals surface area contributed by atoms with Gasteiger partial charge in [0.05, 0.1) is 54.0 Å². The number of nitrogens with zero attached hydrogens (tertiary/aromatic N) is 2. The van der Waals surface area contributed by atoms with Crippen LogP contribution in [0.1, 0.15) is 79.6 Å². The molecule has 2 aliphatic rings. The Hall–Kier alpha value is -2.91. The third kappa shape index (κ3) is 10.4. The number of amides is 2. The molecule has 2 aromatic carbocycles. The second-order valence-corrected chi connectivity index (χ2v) is 15.9. The number of nitrogens with one attached hydrogen (secondary N) is 1. The van der Waals surface area contributed by atoms with Crippen molar-refractivity contribution < 1.29 is 33.7 Å². The smallest absolute Gasteiger partial charge is 0.255 e. The fourth-order valence-corrected chi connectivity index (χ4v) is 8.57. The monoisotopic (exact) mass is 845 g/mol. The maximum atomic E-state index is 14.2. The first kappa shape index (κ1) is 40.3. The van der Waals surface area contributed by atoms with Gasteiger partial charge in [0, 0.05) is 36.7 Å². The topological polar surface area (TPSA) is 127 Å². The Kier molecular flexibility index (Phi) is 15.5. The second kappa shape index (κ2) is 20.0. The lowest BCUT2D eigenvalue weighted by Crippen LogP contribution is -2.49. The highest BCUT2D eigenvalue weighted by molar-refractivity contribution is 14.1. The van der Waals surface area contributed by atoms with Gasteiger partial charge in [-0.2, -0.15) is 0 Å². The molecule has 1 aromatic heterocycles. The molecule has 282 valence electrons. The lowest BCUT2D eigenvalue weighted by atomic mass is 9.83. The van der Waals surface area contributed by atoms with E-state index in [0.717, 1.165) is 40.3 Å². The van der Waals surface area contributed by atoms with Gasteiger partial charge in [0.2, 0.25) is 5.91 Å². The van der Waals surface area contributed by atoms with Crippen LogP contribution in [0, 0.1) is 24.7 Å². The normalized spacial score (nSPS) is 18.9. The molecule has 0 spiro atoms. The highest BCUT2D eigenvalue weighted by Crippen LogP contribution is 2.38. The molecule has 4 atom stereocenters. The van der Waals surface area contributed by atoms with Crippen LogP contribution < -0.4 is 10.1 Å². The van der Waals surface area contributed by atoms with E-state index in [-0.39, 0.29) is 42.9 Å². The van der Waals surface area contributed by atoms with Gasteiger partial charge >= 0.3 is 0 Å². The first-order chi connectivity index (χ1) is 25.2. The van der Waals surface area contributed by atoms with Crippen LogP contribution >= 0.6 is 33.9 Å². The molecule has 0 radical (unpaired) electrons. The summed E-state index contributed by atoms with van der Waals surface area (Å²) in [5, 5.41) is 13.7. The number of ketones is 1. The Morgan fingerprint density at radius 3 is 2.46 bits per heavy atom. The number of hydrogen-bond donors (Lipinski definition) is 2. The quantitative estimate of drug-likeness (QED) is 0.0684. The number of hydrogen-bond acceptors (Lipinski definition) is 9. The first-order valence-corrected chi connectivity index (χ1v) is 20.9. The van der Waals surface area contributed by atoms with Crippen LogP contribution in [0.3, 0.4) is 0 Å². The molecule has 10 nitrogen and oxygen atoms in total. The molecule has 1 aliphatic carbocycles. The zero-order valence-electron chi connectivity index (χ0n) is 30.5. The van der Waals surface area contributed by atoms with Gasteiger partial charge < -0.3 is 29.5 Å². The number of carbonyl (C=O) groups is 3. The van der Waals surface area contributed by atoms with Crippen LogP contribution in [-0.4, -0.2) is 82.2 Å². The van der Waals surface area contributed by atoms with Crippen molar-refractivity contribution in [2.24, 2.45) is 17.8 Å². The third-order valence-electron chi connectivity index (χ3n) is 9.91. The van der Waals surface area contributed by atoms with Crippen molar-refractivity contribution in [2.75, 3.05) is 37.5 Å². The molecule has 5 rings (SSSR count). The van der Waals surface area contributed by atoms with E-state index in [1.165, 1.54) is 23.7 Å². The summed E-state index contributed by atoms with van der Waals surface area (Å²) in [6, 6.07) is 12.6. The Balaban J connectivity index is 1.19. The zero-order chi connectivity index (χ0) is 37.0. The number of aliphatic hydroxyl groups is 1. The molecule has 2 amide bonds. The fraction of sp³-hybridized carbons (Fsp3) is 0.550. The second-order valence-electron chi connectivity index (χ2n) is 14.0. The van der Waals surface area contributed by atoms with Gasteiger partial charge in [-0.25, -0.2) is 4.98 Å². The number of ether oxygens (including phenoxy) is 3. The van der Waals surface area contributed by atoms with Crippen molar-refractivity contribution in [1.29, 1.82) is 0 Å². The molecule has 1 aliphatic heterocycles. The van der Waals surface area contributed by atoms with E-state index < -0.39 is 24.0 Å². The molecule has 1 saturated carbocycles.